The lowest BCUT2D eigenvalue weighted by Gasteiger charge is -2.15. The summed E-state index contributed by atoms with van der Waals surface area (Å²) in [5.74, 6) is 0.285. The van der Waals surface area contributed by atoms with Crippen molar-refractivity contribution in [1.82, 2.24) is 15.0 Å². The van der Waals surface area contributed by atoms with E-state index in [0.29, 0.717) is 50.0 Å². The van der Waals surface area contributed by atoms with Gasteiger partial charge in [-0.3, -0.25) is 9.71 Å². The minimum atomic E-state index is -3.90. The number of fused-ring (bicyclic) bond motifs is 1. The van der Waals surface area contributed by atoms with E-state index in [1.165, 1.54) is 43.9 Å². The number of nitriles is 1. The average Bonchev–Trinajstić information content (AvgIpc) is 2.93. The predicted octanol–water partition coefficient (Wildman–Crippen LogP) is 5.49. The Bertz CT molecular complexity index is 1840. The zero-order valence-electron chi connectivity index (χ0n) is 20.3. The summed E-state index contributed by atoms with van der Waals surface area (Å²) in [5, 5.41) is 11.2. The zero-order chi connectivity index (χ0) is 26.9. The number of hydrogen-bond donors (Lipinski definition) is 1. The van der Waals surface area contributed by atoms with Crippen LogP contribution in [-0.4, -0.2) is 30.5 Å². The Morgan fingerprint density at radius 2 is 1.82 bits per heavy atom. The molecule has 2 heterocycles. The molecule has 0 fully saturated rings. The van der Waals surface area contributed by atoms with Gasteiger partial charge < -0.3 is 4.74 Å². The van der Waals surface area contributed by atoms with Gasteiger partial charge in [0.1, 0.15) is 23.7 Å². The molecule has 0 aliphatic rings. The molecule has 38 heavy (non-hydrogen) atoms. The van der Waals surface area contributed by atoms with E-state index in [1.54, 1.807) is 49.5 Å². The fourth-order valence-electron chi connectivity index (χ4n) is 4.16. The number of nitrogens with zero attached hydrogens (tertiary/aromatic N) is 4. The largest absolute Gasteiger partial charge is 0.496 e. The lowest BCUT2D eigenvalue weighted by molar-refractivity contribution is 0.416. The van der Waals surface area contributed by atoms with Gasteiger partial charge in [-0.05, 0) is 72.0 Å². The van der Waals surface area contributed by atoms with Crippen LogP contribution in [0.5, 0.6) is 5.75 Å². The molecule has 3 aromatic carbocycles. The van der Waals surface area contributed by atoms with Gasteiger partial charge in [0.25, 0.3) is 10.0 Å². The standard InChI is InChI=1S/C28H20FN5O3S/c1-17-11-18(3-6-25(17)29)23-14-26(37-2)24(13-20(23)15-30)28-22-5-4-21(12-19(22)7-10-32-28)38(35,36)34-27-8-9-31-16-33-27/h3-14,16H,1-2H3,(H,31,33,34). The molecule has 0 saturated carbocycles. The van der Waals surface area contributed by atoms with E-state index < -0.39 is 10.0 Å². The monoisotopic (exact) mass is 525 g/mol. The van der Waals surface area contributed by atoms with E-state index in [1.807, 2.05) is 0 Å². The van der Waals surface area contributed by atoms with Crippen molar-refractivity contribution >= 4 is 26.6 Å². The highest BCUT2D eigenvalue weighted by molar-refractivity contribution is 7.92. The first-order chi connectivity index (χ1) is 18.3. The van der Waals surface area contributed by atoms with Crippen LogP contribution >= 0.6 is 0 Å². The highest BCUT2D eigenvalue weighted by Crippen LogP contribution is 2.39. The second-order valence-electron chi connectivity index (χ2n) is 8.42. The van der Waals surface area contributed by atoms with E-state index in [2.05, 4.69) is 25.7 Å². The van der Waals surface area contributed by atoms with Crippen LogP contribution in [0.1, 0.15) is 11.1 Å². The number of methoxy groups -OCH3 is 1. The number of aryl methyl sites for hydroxylation is 1. The molecule has 5 rings (SSSR count). The van der Waals surface area contributed by atoms with Crippen molar-refractivity contribution in [3.8, 4) is 34.2 Å². The van der Waals surface area contributed by atoms with Crippen LogP contribution in [-0.2, 0) is 10.0 Å². The number of pyridine rings is 1. The Labute approximate surface area is 218 Å². The number of sulfonamides is 1. The number of aromatic nitrogens is 3. The number of halogens is 1. The summed E-state index contributed by atoms with van der Waals surface area (Å²) in [6.07, 6.45) is 4.25. The maximum Gasteiger partial charge on any atom is 0.263 e. The number of nitrogens with one attached hydrogen (secondary N) is 1. The Kier molecular flexibility index (Phi) is 6.45. The van der Waals surface area contributed by atoms with Crippen LogP contribution < -0.4 is 9.46 Å². The lowest BCUT2D eigenvalue weighted by Crippen LogP contribution is -2.13. The van der Waals surface area contributed by atoms with Crippen molar-refractivity contribution in [3.63, 3.8) is 0 Å². The van der Waals surface area contributed by atoms with Crippen molar-refractivity contribution < 1.29 is 17.5 Å². The van der Waals surface area contributed by atoms with Gasteiger partial charge in [0, 0.05) is 28.9 Å². The second-order valence-corrected chi connectivity index (χ2v) is 10.1. The van der Waals surface area contributed by atoms with Gasteiger partial charge in [-0.2, -0.15) is 5.26 Å². The van der Waals surface area contributed by atoms with Crippen LogP contribution in [0.3, 0.4) is 0 Å². The maximum absolute atomic E-state index is 13.8. The van der Waals surface area contributed by atoms with Crippen LogP contribution in [0.25, 0.3) is 33.2 Å². The van der Waals surface area contributed by atoms with Gasteiger partial charge in [-0.25, -0.2) is 22.8 Å². The van der Waals surface area contributed by atoms with Crippen molar-refractivity contribution in [2.45, 2.75) is 11.8 Å². The second kappa shape index (κ2) is 9.88. The lowest BCUT2D eigenvalue weighted by atomic mass is 9.94. The third-order valence-corrected chi connectivity index (χ3v) is 7.40. The molecule has 188 valence electrons. The quantitative estimate of drug-likeness (QED) is 0.312. The van der Waals surface area contributed by atoms with Crippen LogP contribution in [0.2, 0.25) is 0 Å². The summed E-state index contributed by atoms with van der Waals surface area (Å²) in [5.41, 5.74) is 3.18. The van der Waals surface area contributed by atoms with Crippen LogP contribution in [0, 0.1) is 24.1 Å². The topological polar surface area (TPSA) is 118 Å². The van der Waals surface area contributed by atoms with Crippen molar-refractivity contribution in [2.75, 3.05) is 11.8 Å². The zero-order valence-corrected chi connectivity index (χ0v) is 21.1. The maximum atomic E-state index is 13.8. The first kappa shape index (κ1) is 24.8. The van der Waals surface area contributed by atoms with E-state index in [9.17, 15) is 18.1 Å². The summed E-state index contributed by atoms with van der Waals surface area (Å²) >= 11 is 0. The molecule has 0 bridgehead atoms. The molecule has 5 aromatic rings. The third kappa shape index (κ3) is 4.63. The van der Waals surface area contributed by atoms with Crippen LogP contribution in [0.15, 0.2) is 84.3 Å². The molecule has 2 aromatic heterocycles. The van der Waals surface area contributed by atoms with Gasteiger partial charge >= 0.3 is 0 Å². The Hall–Kier alpha value is -4.88. The molecule has 0 saturated heterocycles. The molecule has 0 unspecified atom stereocenters. The summed E-state index contributed by atoms with van der Waals surface area (Å²) in [6, 6.07) is 18.1. The van der Waals surface area contributed by atoms with Crippen molar-refractivity contribution in [1.29, 1.82) is 5.26 Å². The van der Waals surface area contributed by atoms with Gasteiger partial charge in [-0.15, -0.1) is 0 Å². The highest BCUT2D eigenvalue weighted by Gasteiger charge is 2.19. The minimum Gasteiger partial charge on any atom is -0.496 e. The molecule has 8 nitrogen and oxygen atoms in total. The number of hydrogen-bond acceptors (Lipinski definition) is 7. The summed E-state index contributed by atoms with van der Waals surface area (Å²) in [6.45, 7) is 1.66. The molecule has 0 radical (unpaired) electrons. The van der Waals surface area contributed by atoms with Crippen LogP contribution in [0.4, 0.5) is 10.2 Å². The molecule has 1 N–H and O–H groups in total. The van der Waals surface area contributed by atoms with Gasteiger partial charge in [0.05, 0.1) is 29.3 Å². The third-order valence-electron chi connectivity index (χ3n) is 6.05. The number of rotatable bonds is 6. The number of benzene rings is 3. The average molecular weight is 526 g/mol. The van der Waals surface area contributed by atoms with E-state index in [-0.39, 0.29) is 16.5 Å². The summed E-state index contributed by atoms with van der Waals surface area (Å²) in [4.78, 5) is 12.3. The van der Waals surface area contributed by atoms with Gasteiger partial charge in [0.2, 0.25) is 0 Å². The summed E-state index contributed by atoms with van der Waals surface area (Å²) < 4.78 is 47.8. The minimum absolute atomic E-state index is 0.0486. The summed E-state index contributed by atoms with van der Waals surface area (Å²) in [7, 11) is -2.39. The Balaban J connectivity index is 1.61. The Morgan fingerprint density at radius 1 is 0.974 bits per heavy atom. The van der Waals surface area contributed by atoms with Crippen molar-refractivity contribution in [3.05, 3.63) is 96.3 Å². The fourth-order valence-corrected chi connectivity index (χ4v) is 5.21. The fraction of sp³-hybridized carbons (Fsp3) is 0.0714. The molecule has 0 aliphatic carbocycles. The first-order valence-corrected chi connectivity index (χ1v) is 12.9. The predicted molar refractivity (Wildman–Crippen MR) is 141 cm³/mol. The molecule has 0 atom stereocenters. The van der Waals surface area contributed by atoms with Crippen molar-refractivity contribution in [2.24, 2.45) is 0 Å². The van der Waals surface area contributed by atoms with Gasteiger partial charge in [0.15, 0.2) is 0 Å². The molecular weight excluding hydrogens is 505 g/mol. The molecular formula is C28H20FN5O3S. The molecule has 0 amide bonds. The first-order valence-electron chi connectivity index (χ1n) is 11.4. The SMILES string of the molecule is COc1cc(-c2ccc(F)c(C)c2)c(C#N)cc1-c1nccc2cc(S(=O)(=O)Nc3ccncn3)ccc12. The van der Waals surface area contributed by atoms with E-state index >= 15 is 0 Å². The van der Waals surface area contributed by atoms with E-state index in [0.717, 1.165) is 0 Å². The number of anilines is 1. The molecule has 0 aliphatic heterocycles. The van der Waals surface area contributed by atoms with E-state index in [4.69, 9.17) is 4.74 Å². The number of ether oxygens (including phenoxy) is 1. The molecule has 10 heteroatoms. The normalized spacial score (nSPS) is 11.2. The molecule has 0 spiro atoms. The smallest absolute Gasteiger partial charge is 0.263 e. The Morgan fingerprint density at radius 3 is 2.53 bits per heavy atom. The highest BCUT2D eigenvalue weighted by atomic mass is 32.2. The van der Waals surface area contributed by atoms with Gasteiger partial charge in [-0.1, -0.05) is 12.1 Å².